The largest absolute Gasteiger partial charge is 0.460 e. The van der Waals surface area contributed by atoms with Crippen LogP contribution >= 0.6 is 0 Å². The lowest BCUT2D eigenvalue weighted by atomic mass is 10.1. The first-order chi connectivity index (χ1) is 13.7. The standard InChI is InChI=1S/C23H21NO4/c25-22(20-14-8-3-9-15-20)27-17-21(19-12-6-2-7-13-19)24-23(26)28-16-18-10-4-1-5-11-18/h1-15,21H,16-17H2,(H,24,26)/t21-/m0/s1. The van der Waals surface area contributed by atoms with Crippen molar-refractivity contribution < 1.29 is 19.1 Å². The SMILES string of the molecule is O=C(N[C@@H](COC(=O)c1ccccc1)c1ccccc1)OCc1ccccc1. The number of nitrogens with one attached hydrogen (secondary N) is 1. The number of alkyl carbamates (subject to hydrolysis) is 1. The maximum absolute atomic E-state index is 12.2. The molecule has 0 bridgehead atoms. The topological polar surface area (TPSA) is 64.6 Å². The summed E-state index contributed by atoms with van der Waals surface area (Å²) in [5.74, 6) is -0.444. The van der Waals surface area contributed by atoms with Gasteiger partial charge in [-0.2, -0.15) is 0 Å². The van der Waals surface area contributed by atoms with Crippen molar-refractivity contribution in [2.45, 2.75) is 12.6 Å². The summed E-state index contributed by atoms with van der Waals surface area (Å²) in [5, 5.41) is 2.77. The van der Waals surface area contributed by atoms with Gasteiger partial charge in [-0.25, -0.2) is 9.59 Å². The van der Waals surface area contributed by atoms with Gasteiger partial charge in [0.05, 0.1) is 11.6 Å². The Morgan fingerprint density at radius 3 is 1.96 bits per heavy atom. The van der Waals surface area contributed by atoms with Crippen LogP contribution in [0.25, 0.3) is 0 Å². The predicted octanol–water partition coefficient (Wildman–Crippen LogP) is 4.51. The Morgan fingerprint density at radius 2 is 1.32 bits per heavy atom. The molecule has 0 heterocycles. The van der Waals surface area contributed by atoms with Crippen LogP contribution < -0.4 is 5.32 Å². The third-order valence-electron chi connectivity index (χ3n) is 4.10. The van der Waals surface area contributed by atoms with Gasteiger partial charge in [0.25, 0.3) is 0 Å². The van der Waals surface area contributed by atoms with Crippen molar-refractivity contribution >= 4 is 12.1 Å². The summed E-state index contributed by atoms with van der Waals surface area (Å²) in [5.41, 5.74) is 2.17. The molecule has 3 aromatic carbocycles. The fourth-order valence-electron chi connectivity index (χ4n) is 2.63. The first-order valence-electron chi connectivity index (χ1n) is 8.97. The van der Waals surface area contributed by atoms with Crippen LogP contribution in [0.4, 0.5) is 4.79 Å². The molecule has 0 spiro atoms. The van der Waals surface area contributed by atoms with Gasteiger partial charge in [0, 0.05) is 0 Å². The van der Waals surface area contributed by atoms with E-state index in [0.717, 1.165) is 11.1 Å². The molecule has 1 amide bonds. The van der Waals surface area contributed by atoms with Crippen LogP contribution in [0.2, 0.25) is 0 Å². The first kappa shape index (κ1) is 19.2. The highest BCUT2D eigenvalue weighted by molar-refractivity contribution is 5.89. The number of hydrogen-bond acceptors (Lipinski definition) is 4. The number of hydrogen-bond donors (Lipinski definition) is 1. The summed E-state index contributed by atoms with van der Waals surface area (Å²) in [4.78, 5) is 24.5. The average Bonchev–Trinajstić information content (AvgIpc) is 2.77. The summed E-state index contributed by atoms with van der Waals surface area (Å²) >= 11 is 0. The van der Waals surface area contributed by atoms with Gasteiger partial charge in [-0.3, -0.25) is 0 Å². The van der Waals surface area contributed by atoms with Crippen molar-refractivity contribution in [1.29, 1.82) is 0 Å². The Labute approximate surface area is 163 Å². The van der Waals surface area contributed by atoms with Crippen molar-refractivity contribution in [1.82, 2.24) is 5.32 Å². The second-order valence-electron chi connectivity index (χ2n) is 6.13. The van der Waals surface area contributed by atoms with Crippen LogP contribution in [0.1, 0.15) is 27.5 Å². The minimum absolute atomic E-state index is 0.00181. The van der Waals surface area contributed by atoms with E-state index in [4.69, 9.17) is 9.47 Å². The molecule has 0 aliphatic heterocycles. The van der Waals surface area contributed by atoms with E-state index in [-0.39, 0.29) is 13.2 Å². The van der Waals surface area contributed by atoms with Crippen molar-refractivity contribution in [3.63, 3.8) is 0 Å². The number of ether oxygens (including phenoxy) is 2. The number of esters is 1. The van der Waals surface area contributed by atoms with Gasteiger partial charge in [-0.05, 0) is 23.3 Å². The molecule has 0 aromatic heterocycles. The quantitative estimate of drug-likeness (QED) is 0.617. The first-order valence-corrected chi connectivity index (χ1v) is 8.97. The van der Waals surface area contributed by atoms with Crippen LogP contribution in [0, 0.1) is 0 Å². The number of carbonyl (C=O) groups excluding carboxylic acids is 2. The molecule has 142 valence electrons. The molecule has 28 heavy (non-hydrogen) atoms. The maximum Gasteiger partial charge on any atom is 0.408 e. The summed E-state index contributed by atoms with van der Waals surface area (Å²) in [6, 6.07) is 26.9. The molecule has 5 nitrogen and oxygen atoms in total. The predicted molar refractivity (Wildman–Crippen MR) is 106 cm³/mol. The molecular weight excluding hydrogens is 354 g/mol. The number of benzene rings is 3. The number of amides is 1. The highest BCUT2D eigenvalue weighted by Gasteiger charge is 2.18. The third-order valence-corrected chi connectivity index (χ3v) is 4.10. The second-order valence-corrected chi connectivity index (χ2v) is 6.13. The van der Waals surface area contributed by atoms with Crippen LogP contribution in [0.15, 0.2) is 91.0 Å². The molecule has 3 rings (SSSR count). The van der Waals surface area contributed by atoms with E-state index in [2.05, 4.69) is 5.32 Å². The zero-order chi connectivity index (χ0) is 19.6. The fraction of sp³-hybridized carbons (Fsp3) is 0.130. The molecule has 0 aliphatic rings. The molecule has 0 unspecified atom stereocenters. The number of rotatable bonds is 7. The third kappa shape index (κ3) is 5.71. The van der Waals surface area contributed by atoms with Crippen LogP contribution in [-0.2, 0) is 16.1 Å². The van der Waals surface area contributed by atoms with Crippen molar-refractivity contribution in [2.75, 3.05) is 6.61 Å². The maximum atomic E-state index is 12.2. The van der Waals surface area contributed by atoms with Crippen molar-refractivity contribution in [3.05, 3.63) is 108 Å². The molecule has 0 fully saturated rings. The van der Waals surface area contributed by atoms with E-state index >= 15 is 0 Å². The van der Waals surface area contributed by atoms with Gasteiger partial charge in [0.1, 0.15) is 13.2 Å². The molecule has 0 saturated heterocycles. The minimum Gasteiger partial charge on any atom is -0.460 e. The summed E-state index contributed by atoms with van der Waals surface area (Å²) in [7, 11) is 0. The van der Waals surface area contributed by atoms with E-state index in [9.17, 15) is 9.59 Å². The smallest absolute Gasteiger partial charge is 0.408 e. The molecule has 0 aliphatic carbocycles. The van der Waals surface area contributed by atoms with Gasteiger partial charge in [0.2, 0.25) is 0 Å². The molecule has 0 saturated carbocycles. The molecule has 1 atom stereocenters. The van der Waals surface area contributed by atoms with E-state index in [1.54, 1.807) is 24.3 Å². The lowest BCUT2D eigenvalue weighted by Crippen LogP contribution is -2.32. The minimum atomic E-state index is -0.575. The van der Waals surface area contributed by atoms with E-state index < -0.39 is 18.1 Å². The Kier molecular flexibility index (Phi) is 6.79. The summed E-state index contributed by atoms with van der Waals surface area (Å²) < 4.78 is 10.7. The zero-order valence-electron chi connectivity index (χ0n) is 15.3. The second kappa shape index (κ2) is 9.92. The molecule has 5 heteroatoms. The molecule has 1 N–H and O–H groups in total. The highest BCUT2D eigenvalue weighted by Crippen LogP contribution is 2.15. The lowest BCUT2D eigenvalue weighted by molar-refractivity contribution is 0.0456. The fourth-order valence-corrected chi connectivity index (χ4v) is 2.63. The Balaban J connectivity index is 1.60. The average molecular weight is 375 g/mol. The van der Waals surface area contributed by atoms with Crippen LogP contribution in [0.3, 0.4) is 0 Å². The van der Waals surface area contributed by atoms with Gasteiger partial charge in [-0.1, -0.05) is 78.9 Å². The van der Waals surface area contributed by atoms with E-state index in [0.29, 0.717) is 5.56 Å². The van der Waals surface area contributed by atoms with Gasteiger partial charge in [-0.15, -0.1) is 0 Å². The van der Waals surface area contributed by atoms with Gasteiger partial charge >= 0.3 is 12.1 Å². The van der Waals surface area contributed by atoms with Crippen LogP contribution in [0.5, 0.6) is 0 Å². The molecule has 0 radical (unpaired) electrons. The summed E-state index contributed by atoms with van der Waals surface area (Å²) in [6.45, 7) is 0.163. The Hall–Kier alpha value is -3.60. The lowest BCUT2D eigenvalue weighted by Gasteiger charge is -2.19. The van der Waals surface area contributed by atoms with Gasteiger partial charge in [0.15, 0.2) is 0 Å². The Morgan fingerprint density at radius 1 is 0.750 bits per heavy atom. The van der Waals surface area contributed by atoms with Gasteiger partial charge < -0.3 is 14.8 Å². The Bertz CT molecular complexity index is 882. The monoisotopic (exact) mass is 375 g/mol. The highest BCUT2D eigenvalue weighted by atomic mass is 16.6. The summed E-state index contributed by atoms with van der Waals surface area (Å²) in [6.07, 6.45) is -0.575. The normalized spacial score (nSPS) is 11.3. The number of carbonyl (C=O) groups is 2. The molecular formula is C23H21NO4. The molecule has 3 aromatic rings. The zero-order valence-corrected chi connectivity index (χ0v) is 15.3. The van der Waals surface area contributed by atoms with Crippen LogP contribution in [-0.4, -0.2) is 18.7 Å². The van der Waals surface area contributed by atoms with E-state index in [1.165, 1.54) is 0 Å². The van der Waals surface area contributed by atoms with E-state index in [1.807, 2.05) is 66.7 Å². The van der Waals surface area contributed by atoms with Crippen molar-refractivity contribution in [3.8, 4) is 0 Å². The van der Waals surface area contributed by atoms with Crippen molar-refractivity contribution in [2.24, 2.45) is 0 Å².